The summed E-state index contributed by atoms with van der Waals surface area (Å²) in [5.74, 6) is -0.999. The molecule has 0 amide bonds. The predicted octanol–water partition coefficient (Wildman–Crippen LogP) is 3.93. The minimum Gasteiger partial charge on any atom is -0.453 e. The van der Waals surface area contributed by atoms with Gasteiger partial charge in [0.05, 0.1) is 10.5 Å². The smallest absolute Gasteiger partial charge is 0.357 e. The molecule has 0 aliphatic carbocycles. The highest BCUT2D eigenvalue weighted by Gasteiger charge is 2.15. The van der Waals surface area contributed by atoms with E-state index in [2.05, 4.69) is 4.98 Å². The predicted molar refractivity (Wildman–Crippen MR) is 87.8 cm³/mol. The third kappa shape index (κ3) is 3.38. The molecule has 0 N–H and O–H groups in total. The summed E-state index contributed by atoms with van der Waals surface area (Å²) in [5.41, 5.74) is 1.18. The number of carbonyl (C=O) groups excluding carboxylic acids is 2. The van der Waals surface area contributed by atoms with Gasteiger partial charge in [0.1, 0.15) is 5.69 Å². The Morgan fingerprint density at radius 3 is 2.52 bits per heavy atom. The molecule has 3 aromatic rings. The standard InChI is InChI=1S/C18H12ClNO3/c19-14-7-3-2-6-13(14)17(21)11-23-18(22)16-10-9-12-5-1-4-8-15(12)20-16/h1-10H,11H2. The van der Waals surface area contributed by atoms with Crippen molar-refractivity contribution >= 4 is 34.3 Å². The van der Waals surface area contributed by atoms with E-state index < -0.39 is 5.97 Å². The van der Waals surface area contributed by atoms with E-state index in [1.165, 1.54) is 0 Å². The molecule has 0 radical (unpaired) electrons. The van der Waals surface area contributed by atoms with E-state index in [4.69, 9.17) is 16.3 Å². The topological polar surface area (TPSA) is 56.3 Å². The zero-order chi connectivity index (χ0) is 16.2. The summed E-state index contributed by atoms with van der Waals surface area (Å²) < 4.78 is 5.04. The van der Waals surface area contributed by atoms with E-state index in [0.717, 1.165) is 5.39 Å². The molecule has 1 aromatic heterocycles. The number of esters is 1. The number of benzene rings is 2. The van der Waals surface area contributed by atoms with Gasteiger partial charge >= 0.3 is 5.97 Å². The zero-order valence-corrected chi connectivity index (χ0v) is 12.8. The molecule has 0 aliphatic heterocycles. The van der Waals surface area contributed by atoms with Crippen LogP contribution in [0.4, 0.5) is 0 Å². The van der Waals surface area contributed by atoms with Gasteiger partial charge in [-0.1, -0.05) is 48.0 Å². The Morgan fingerprint density at radius 2 is 1.70 bits per heavy atom. The van der Waals surface area contributed by atoms with Crippen LogP contribution in [0.3, 0.4) is 0 Å². The average Bonchev–Trinajstić information content (AvgIpc) is 2.59. The Bertz CT molecular complexity index is 892. The third-order valence-electron chi connectivity index (χ3n) is 3.32. The lowest BCUT2D eigenvalue weighted by molar-refractivity contribution is 0.0469. The molecule has 0 spiro atoms. The summed E-state index contributed by atoms with van der Waals surface area (Å²) in [7, 11) is 0. The molecule has 0 unspecified atom stereocenters. The maximum Gasteiger partial charge on any atom is 0.357 e. The number of hydrogen-bond acceptors (Lipinski definition) is 4. The zero-order valence-electron chi connectivity index (χ0n) is 12.0. The van der Waals surface area contributed by atoms with Crippen LogP contribution in [0.15, 0.2) is 60.7 Å². The lowest BCUT2D eigenvalue weighted by Crippen LogP contribution is -2.15. The summed E-state index contributed by atoms with van der Waals surface area (Å²) in [6, 6.07) is 17.4. The molecule has 23 heavy (non-hydrogen) atoms. The number of ether oxygens (including phenoxy) is 1. The molecule has 1 heterocycles. The second-order valence-electron chi connectivity index (χ2n) is 4.87. The van der Waals surface area contributed by atoms with Crippen molar-refractivity contribution in [3.8, 4) is 0 Å². The van der Waals surface area contributed by atoms with Gasteiger partial charge in [0.25, 0.3) is 0 Å². The van der Waals surface area contributed by atoms with E-state index in [9.17, 15) is 9.59 Å². The van der Waals surface area contributed by atoms with Crippen LogP contribution in [-0.2, 0) is 4.74 Å². The average molecular weight is 326 g/mol. The van der Waals surface area contributed by atoms with Gasteiger partial charge in [-0.15, -0.1) is 0 Å². The van der Waals surface area contributed by atoms with Crippen molar-refractivity contribution in [2.24, 2.45) is 0 Å². The van der Waals surface area contributed by atoms with Crippen molar-refractivity contribution in [3.63, 3.8) is 0 Å². The van der Waals surface area contributed by atoms with Crippen molar-refractivity contribution in [3.05, 3.63) is 76.9 Å². The maximum absolute atomic E-state index is 12.0. The number of rotatable bonds is 4. The van der Waals surface area contributed by atoms with Gasteiger partial charge in [-0.3, -0.25) is 4.79 Å². The van der Waals surface area contributed by atoms with E-state index in [1.807, 2.05) is 18.2 Å². The quantitative estimate of drug-likeness (QED) is 0.539. The first-order chi connectivity index (χ1) is 11.1. The molecule has 4 nitrogen and oxygen atoms in total. The van der Waals surface area contributed by atoms with E-state index in [0.29, 0.717) is 16.1 Å². The van der Waals surface area contributed by atoms with Crippen LogP contribution in [0, 0.1) is 0 Å². The number of hydrogen-bond donors (Lipinski definition) is 0. The number of pyridine rings is 1. The van der Waals surface area contributed by atoms with Gasteiger partial charge in [0.15, 0.2) is 6.61 Å². The van der Waals surface area contributed by atoms with Gasteiger partial charge in [-0.25, -0.2) is 9.78 Å². The number of carbonyl (C=O) groups is 2. The summed E-state index contributed by atoms with van der Waals surface area (Å²) in [4.78, 5) is 28.3. The molecule has 114 valence electrons. The Balaban J connectivity index is 1.71. The Kier molecular flexibility index (Phi) is 4.35. The monoisotopic (exact) mass is 325 g/mol. The maximum atomic E-state index is 12.0. The van der Waals surface area contributed by atoms with Crippen LogP contribution in [0.25, 0.3) is 10.9 Å². The van der Waals surface area contributed by atoms with Gasteiger partial charge < -0.3 is 4.74 Å². The van der Waals surface area contributed by atoms with Crippen LogP contribution >= 0.6 is 11.6 Å². The van der Waals surface area contributed by atoms with E-state index in [-0.39, 0.29) is 18.1 Å². The van der Waals surface area contributed by atoms with Crippen LogP contribution in [0.5, 0.6) is 0 Å². The minimum atomic E-state index is -0.642. The first-order valence-corrected chi connectivity index (χ1v) is 7.33. The fourth-order valence-electron chi connectivity index (χ4n) is 2.15. The van der Waals surface area contributed by atoms with Crippen LogP contribution in [0.2, 0.25) is 5.02 Å². The number of ketones is 1. The number of nitrogens with zero attached hydrogens (tertiary/aromatic N) is 1. The van der Waals surface area contributed by atoms with Crippen molar-refractivity contribution in [2.45, 2.75) is 0 Å². The fraction of sp³-hybridized carbons (Fsp3) is 0.0556. The van der Waals surface area contributed by atoms with E-state index in [1.54, 1.807) is 42.5 Å². The molecule has 0 atom stereocenters. The normalized spacial score (nSPS) is 10.5. The highest BCUT2D eigenvalue weighted by atomic mass is 35.5. The van der Waals surface area contributed by atoms with Gasteiger partial charge in [0.2, 0.25) is 5.78 Å². The lowest BCUT2D eigenvalue weighted by Gasteiger charge is -2.06. The molecule has 0 bridgehead atoms. The van der Waals surface area contributed by atoms with Crippen molar-refractivity contribution in [1.29, 1.82) is 0 Å². The van der Waals surface area contributed by atoms with Crippen LogP contribution < -0.4 is 0 Å². The van der Waals surface area contributed by atoms with Gasteiger partial charge in [-0.2, -0.15) is 0 Å². The third-order valence-corrected chi connectivity index (χ3v) is 3.65. The number of para-hydroxylation sites is 1. The molecular weight excluding hydrogens is 314 g/mol. The lowest BCUT2D eigenvalue weighted by atomic mass is 10.1. The molecule has 0 saturated heterocycles. The molecule has 0 fully saturated rings. The molecular formula is C18H12ClNO3. The summed E-state index contributed by atoms with van der Waals surface area (Å²) in [5, 5.41) is 1.26. The van der Waals surface area contributed by atoms with Crippen molar-refractivity contribution < 1.29 is 14.3 Å². The largest absolute Gasteiger partial charge is 0.453 e. The summed E-state index contributed by atoms with van der Waals surface area (Å²) in [6.07, 6.45) is 0. The van der Waals surface area contributed by atoms with Crippen LogP contribution in [0.1, 0.15) is 20.8 Å². The highest BCUT2D eigenvalue weighted by molar-refractivity contribution is 6.34. The first-order valence-electron chi connectivity index (χ1n) is 6.96. The van der Waals surface area contributed by atoms with Crippen molar-refractivity contribution in [2.75, 3.05) is 6.61 Å². The Labute approximate surface area is 137 Å². The molecule has 0 aliphatic rings. The Hall–Kier alpha value is -2.72. The number of fused-ring (bicyclic) bond motifs is 1. The van der Waals surface area contributed by atoms with Gasteiger partial charge in [0, 0.05) is 10.9 Å². The molecule has 2 aromatic carbocycles. The minimum absolute atomic E-state index is 0.163. The summed E-state index contributed by atoms with van der Waals surface area (Å²) in [6.45, 7) is -0.378. The first kappa shape index (κ1) is 15.2. The second kappa shape index (κ2) is 6.58. The number of halogens is 1. The molecule has 3 rings (SSSR count). The molecule has 5 heteroatoms. The fourth-order valence-corrected chi connectivity index (χ4v) is 2.39. The highest BCUT2D eigenvalue weighted by Crippen LogP contribution is 2.16. The Morgan fingerprint density at radius 1 is 0.957 bits per heavy atom. The number of Topliss-reactive ketones (excluding diaryl/α,β-unsaturated/α-hetero) is 1. The number of aromatic nitrogens is 1. The second-order valence-corrected chi connectivity index (χ2v) is 5.28. The summed E-state index contributed by atoms with van der Waals surface area (Å²) >= 11 is 5.94. The van der Waals surface area contributed by atoms with Crippen molar-refractivity contribution in [1.82, 2.24) is 4.98 Å². The van der Waals surface area contributed by atoms with E-state index >= 15 is 0 Å². The van der Waals surface area contributed by atoms with Crippen LogP contribution in [-0.4, -0.2) is 23.3 Å². The SMILES string of the molecule is O=C(OCC(=O)c1ccccc1Cl)c1ccc2ccccc2n1. The molecule has 0 saturated carbocycles. The van der Waals surface area contributed by atoms with Gasteiger partial charge in [-0.05, 0) is 24.3 Å².